The topological polar surface area (TPSA) is 79.2 Å². The van der Waals surface area contributed by atoms with Crippen molar-refractivity contribution in [1.82, 2.24) is 0 Å². The van der Waals surface area contributed by atoms with E-state index in [0.29, 0.717) is 5.92 Å². The number of benzene rings is 2. The Morgan fingerprint density at radius 3 is 2.48 bits per heavy atom. The average molecular weight is 427 g/mol. The summed E-state index contributed by atoms with van der Waals surface area (Å²) in [6.07, 6.45) is -1.27. The van der Waals surface area contributed by atoms with Gasteiger partial charge in [0, 0.05) is 24.0 Å². The number of hydrogen-bond donors (Lipinski definition) is 3. The fourth-order valence-electron chi connectivity index (χ4n) is 4.78. The van der Waals surface area contributed by atoms with E-state index in [1.165, 1.54) is 27.8 Å². The predicted molar refractivity (Wildman–Crippen MR) is 120 cm³/mol. The van der Waals surface area contributed by atoms with E-state index in [0.717, 1.165) is 24.2 Å². The highest BCUT2D eigenvalue weighted by Crippen LogP contribution is 2.44. The molecule has 0 bridgehead atoms. The molecule has 0 saturated carbocycles. The molecule has 1 saturated heterocycles. The van der Waals surface area contributed by atoms with Crippen molar-refractivity contribution in [3.8, 4) is 5.75 Å². The van der Waals surface area contributed by atoms with Gasteiger partial charge in [-0.3, -0.25) is 0 Å². The number of hydrogen-bond acceptors (Lipinski definition) is 5. The van der Waals surface area contributed by atoms with Crippen molar-refractivity contribution < 1.29 is 24.8 Å². The highest BCUT2D eigenvalue weighted by atomic mass is 16.5. The zero-order chi connectivity index (χ0) is 22.3. The lowest BCUT2D eigenvalue weighted by Crippen LogP contribution is -2.47. The molecule has 31 heavy (non-hydrogen) atoms. The summed E-state index contributed by atoms with van der Waals surface area (Å²) >= 11 is 0. The van der Waals surface area contributed by atoms with Crippen molar-refractivity contribution in [2.45, 2.75) is 83.4 Å². The molecule has 4 unspecified atom stereocenters. The van der Waals surface area contributed by atoms with Gasteiger partial charge in [-0.1, -0.05) is 38.1 Å². The second-order valence-electron chi connectivity index (χ2n) is 9.40. The second-order valence-corrected chi connectivity index (χ2v) is 9.40. The fourth-order valence-corrected chi connectivity index (χ4v) is 4.78. The molecule has 2 aromatic rings. The van der Waals surface area contributed by atoms with Gasteiger partial charge < -0.3 is 24.8 Å². The first kappa shape index (κ1) is 22.3. The molecule has 0 aromatic heterocycles. The van der Waals surface area contributed by atoms with Crippen molar-refractivity contribution in [2.75, 3.05) is 6.61 Å². The second kappa shape index (κ2) is 8.91. The Morgan fingerprint density at radius 1 is 1.13 bits per heavy atom. The summed E-state index contributed by atoms with van der Waals surface area (Å²) in [6, 6.07) is 10.9. The van der Waals surface area contributed by atoms with Gasteiger partial charge >= 0.3 is 0 Å². The van der Waals surface area contributed by atoms with Crippen LogP contribution in [0.4, 0.5) is 0 Å². The summed E-state index contributed by atoms with van der Waals surface area (Å²) in [5.74, 6) is 1.35. The maximum Gasteiger partial charge on any atom is 0.129 e. The Balaban J connectivity index is 1.70. The van der Waals surface area contributed by atoms with Crippen molar-refractivity contribution >= 4 is 0 Å². The smallest absolute Gasteiger partial charge is 0.129 e. The molecular formula is C26H34O5. The summed E-state index contributed by atoms with van der Waals surface area (Å²) in [4.78, 5) is 0. The molecule has 2 aromatic carbocycles. The van der Waals surface area contributed by atoms with Gasteiger partial charge in [0.2, 0.25) is 0 Å². The molecule has 2 heterocycles. The average Bonchev–Trinajstić information content (AvgIpc) is 3.14. The molecule has 5 nitrogen and oxygen atoms in total. The summed E-state index contributed by atoms with van der Waals surface area (Å²) in [6.45, 7) is 8.27. The van der Waals surface area contributed by atoms with Crippen molar-refractivity contribution in [3.05, 3.63) is 63.7 Å². The van der Waals surface area contributed by atoms with Crippen LogP contribution in [0.15, 0.2) is 30.3 Å². The van der Waals surface area contributed by atoms with Gasteiger partial charge in [0.15, 0.2) is 0 Å². The number of fused-ring (bicyclic) bond motifs is 1. The molecular weight excluding hydrogens is 392 g/mol. The Labute approximate surface area is 184 Å². The van der Waals surface area contributed by atoms with E-state index in [2.05, 4.69) is 58.0 Å². The minimum absolute atomic E-state index is 0.0840. The molecule has 2 aliphatic rings. The summed E-state index contributed by atoms with van der Waals surface area (Å²) in [7, 11) is 0. The molecule has 3 N–H and O–H groups in total. The quantitative estimate of drug-likeness (QED) is 0.681. The van der Waals surface area contributed by atoms with Crippen LogP contribution >= 0.6 is 0 Å². The minimum Gasteiger partial charge on any atom is -0.490 e. The lowest BCUT2D eigenvalue weighted by Gasteiger charge is -2.37. The SMILES string of the molecule is Cc1c(Cc2ccc(C(C)C)cc2)cc(C2CC(O)[C@H](O)C(CO)O2)c2c1CC(C)O2. The summed E-state index contributed by atoms with van der Waals surface area (Å²) in [5, 5.41) is 30.1. The molecule has 0 amide bonds. The van der Waals surface area contributed by atoms with E-state index in [4.69, 9.17) is 9.47 Å². The highest BCUT2D eigenvalue weighted by molar-refractivity contribution is 5.54. The van der Waals surface area contributed by atoms with Gasteiger partial charge in [-0.25, -0.2) is 0 Å². The molecule has 1 fully saturated rings. The first-order valence-electron chi connectivity index (χ1n) is 11.3. The van der Waals surface area contributed by atoms with Gasteiger partial charge in [-0.15, -0.1) is 0 Å². The van der Waals surface area contributed by atoms with E-state index in [1.807, 2.05) is 0 Å². The van der Waals surface area contributed by atoms with Gasteiger partial charge in [0.1, 0.15) is 24.1 Å². The molecule has 2 aliphatic heterocycles. The third-order valence-electron chi connectivity index (χ3n) is 6.75. The van der Waals surface area contributed by atoms with Crippen molar-refractivity contribution in [2.24, 2.45) is 0 Å². The van der Waals surface area contributed by atoms with Crippen molar-refractivity contribution in [3.63, 3.8) is 0 Å². The lowest BCUT2D eigenvalue weighted by molar-refractivity contribution is -0.181. The first-order valence-corrected chi connectivity index (χ1v) is 11.3. The van der Waals surface area contributed by atoms with Crippen LogP contribution in [0.5, 0.6) is 5.75 Å². The van der Waals surface area contributed by atoms with Crippen LogP contribution in [0.2, 0.25) is 0 Å². The van der Waals surface area contributed by atoms with Gasteiger partial charge in [-0.2, -0.15) is 0 Å². The zero-order valence-electron chi connectivity index (χ0n) is 18.8. The Kier molecular flexibility index (Phi) is 6.40. The van der Waals surface area contributed by atoms with E-state index in [-0.39, 0.29) is 19.1 Å². The highest BCUT2D eigenvalue weighted by Gasteiger charge is 2.39. The Morgan fingerprint density at radius 2 is 1.84 bits per heavy atom. The van der Waals surface area contributed by atoms with Crippen LogP contribution in [-0.4, -0.2) is 46.3 Å². The third-order valence-corrected chi connectivity index (χ3v) is 6.75. The number of ether oxygens (including phenoxy) is 2. The molecule has 0 spiro atoms. The number of aliphatic hydroxyl groups excluding tert-OH is 3. The number of rotatable bonds is 5. The summed E-state index contributed by atoms with van der Waals surface area (Å²) in [5.41, 5.74) is 7.14. The van der Waals surface area contributed by atoms with E-state index in [1.54, 1.807) is 0 Å². The third kappa shape index (κ3) is 4.37. The van der Waals surface area contributed by atoms with Crippen LogP contribution < -0.4 is 4.74 Å². The normalized spacial score (nSPS) is 27.9. The lowest BCUT2D eigenvalue weighted by atomic mass is 9.87. The molecule has 168 valence electrons. The minimum atomic E-state index is -1.08. The number of aliphatic hydroxyl groups is 3. The van der Waals surface area contributed by atoms with Crippen LogP contribution in [0.3, 0.4) is 0 Å². The fraction of sp³-hybridized carbons (Fsp3) is 0.538. The Bertz CT molecular complexity index is 920. The Hall–Kier alpha value is -1.92. The van der Waals surface area contributed by atoms with Gasteiger partial charge in [-0.05, 0) is 54.5 Å². The largest absolute Gasteiger partial charge is 0.490 e. The van der Waals surface area contributed by atoms with E-state index >= 15 is 0 Å². The first-order chi connectivity index (χ1) is 14.8. The maximum atomic E-state index is 10.4. The summed E-state index contributed by atoms with van der Waals surface area (Å²) < 4.78 is 12.2. The molecule has 4 rings (SSSR count). The predicted octanol–water partition coefficient (Wildman–Crippen LogP) is 3.58. The standard InChI is InChI=1S/C26H34O5/c1-14(2)18-7-5-17(6-8-18)10-19-11-21(26-20(16(19)4)9-15(3)30-26)23-12-22(28)25(29)24(13-27)31-23/h5-8,11,14-15,22-25,27-29H,9-10,12-13H2,1-4H3/t15?,22?,23?,24?,25-/m0/s1. The van der Waals surface area contributed by atoms with E-state index in [9.17, 15) is 15.3 Å². The van der Waals surface area contributed by atoms with Gasteiger partial charge in [0.25, 0.3) is 0 Å². The van der Waals surface area contributed by atoms with Crippen LogP contribution in [0.1, 0.15) is 72.6 Å². The monoisotopic (exact) mass is 426 g/mol. The van der Waals surface area contributed by atoms with Crippen molar-refractivity contribution in [1.29, 1.82) is 0 Å². The molecule has 5 atom stereocenters. The van der Waals surface area contributed by atoms with Gasteiger partial charge in [0.05, 0.1) is 18.8 Å². The van der Waals surface area contributed by atoms with Crippen LogP contribution in [0, 0.1) is 6.92 Å². The molecule has 0 aliphatic carbocycles. The van der Waals surface area contributed by atoms with E-state index < -0.39 is 24.4 Å². The zero-order valence-corrected chi connectivity index (χ0v) is 18.8. The maximum absolute atomic E-state index is 10.4. The van der Waals surface area contributed by atoms with Crippen LogP contribution in [0.25, 0.3) is 0 Å². The van der Waals surface area contributed by atoms with Crippen LogP contribution in [-0.2, 0) is 17.6 Å². The molecule has 0 radical (unpaired) electrons. The molecule has 5 heteroatoms.